The quantitative estimate of drug-likeness (QED) is 0.679. The molecular formula is C14H9ClNO3-. The first-order valence-corrected chi connectivity index (χ1v) is 5.78. The SMILES string of the molecule is Nc1cc(C(=O)c2ccccc2C(=O)[O-])ccc1Cl. The van der Waals surface area contributed by atoms with Gasteiger partial charge < -0.3 is 15.6 Å². The van der Waals surface area contributed by atoms with Crippen molar-refractivity contribution in [3.63, 3.8) is 0 Å². The summed E-state index contributed by atoms with van der Waals surface area (Å²) in [5.41, 5.74) is 6.07. The third-order valence-electron chi connectivity index (χ3n) is 2.65. The number of nitrogens with two attached hydrogens (primary N) is 1. The summed E-state index contributed by atoms with van der Waals surface area (Å²) in [5, 5.41) is 11.3. The van der Waals surface area contributed by atoms with Gasteiger partial charge in [0, 0.05) is 16.7 Å². The number of ketones is 1. The summed E-state index contributed by atoms with van der Waals surface area (Å²) in [6.45, 7) is 0. The molecule has 0 amide bonds. The third-order valence-corrected chi connectivity index (χ3v) is 2.99. The van der Waals surface area contributed by atoms with Gasteiger partial charge in [-0.25, -0.2) is 0 Å². The van der Waals surface area contributed by atoms with Crippen LogP contribution in [0.15, 0.2) is 42.5 Å². The van der Waals surface area contributed by atoms with Gasteiger partial charge in [0.15, 0.2) is 5.78 Å². The molecule has 2 aromatic carbocycles. The summed E-state index contributed by atoms with van der Waals surface area (Å²) in [4.78, 5) is 23.2. The minimum absolute atomic E-state index is 0.0595. The lowest BCUT2D eigenvalue weighted by molar-refractivity contribution is -0.255. The maximum Gasteiger partial charge on any atom is 0.193 e. The first-order chi connectivity index (χ1) is 9.00. The molecule has 0 aliphatic heterocycles. The molecule has 0 aliphatic rings. The Bertz CT molecular complexity index is 667. The number of hydrogen-bond donors (Lipinski definition) is 1. The number of benzene rings is 2. The van der Waals surface area contributed by atoms with E-state index in [1.165, 1.54) is 36.4 Å². The van der Waals surface area contributed by atoms with Crippen molar-refractivity contribution in [3.8, 4) is 0 Å². The molecule has 0 radical (unpaired) electrons. The Hall–Kier alpha value is -2.33. The van der Waals surface area contributed by atoms with Gasteiger partial charge in [0.1, 0.15) is 0 Å². The molecule has 5 heteroatoms. The molecule has 19 heavy (non-hydrogen) atoms. The highest BCUT2D eigenvalue weighted by atomic mass is 35.5. The van der Waals surface area contributed by atoms with Crippen LogP contribution in [0.1, 0.15) is 26.3 Å². The molecule has 0 unspecified atom stereocenters. The third kappa shape index (κ3) is 2.58. The maximum absolute atomic E-state index is 12.2. The molecular weight excluding hydrogens is 266 g/mol. The van der Waals surface area contributed by atoms with E-state index in [0.29, 0.717) is 5.02 Å². The molecule has 0 saturated heterocycles. The number of rotatable bonds is 3. The van der Waals surface area contributed by atoms with Gasteiger partial charge in [-0.1, -0.05) is 35.9 Å². The predicted octanol–water partition coefficient (Wildman–Crippen LogP) is 1.52. The fourth-order valence-electron chi connectivity index (χ4n) is 1.70. The number of aromatic carboxylic acids is 1. The number of anilines is 1. The Kier molecular flexibility index (Phi) is 3.53. The number of carboxylic acids is 1. The van der Waals surface area contributed by atoms with Gasteiger partial charge in [-0.3, -0.25) is 4.79 Å². The van der Waals surface area contributed by atoms with Gasteiger partial charge in [-0.2, -0.15) is 0 Å². The van der Waals surface area contributed by atoms with Crippen LogP contribution in [-0.4, -0.2) is 11.8 Å². The highest BCUT2D eigenvalue weighted by Gasteiger charge is 2.14. The van der Waals surface area contributed by atoms with Gasteiger partial charge in [0.05, 0.1) is 16.7 Å². The summed E-state index contributed by atoms with van der Waals surface area (Å²) >= 11 is 5.77. The van der Waals surface area contributed by atoms with Crippen LogP contribution in [0.2, 0.25) is 5.02 Å². The van der Waals surface area contributed by atoms with Crippen LogP contribution in [0.4, 0.5) is 5.69 Å². The van der Waals surface area contributed by atoms with E-state index in [0.717, 1.165) is 0 Å². The average molecular weight is 275 g/mol. The summed E-state index contributed by atoms with van der Waals surface area (Å²) in [6.07, 6.45) is 0. The van der Waals surface area contributed by atoms with Gasteiger partial charge >= 0.3 is 0 Å². The zero-order valence-electron chi connectivity index (χ0n) is 9.72. The molecule has 0 fully saturated rings. The van der Waals surface area contributed by atoms with Crippen molar-refractivity contribution >= 4 is 29.0 Å². The number of carbonyl (C=O) groups excluding carboxylic acids is 2. The van der Waals surface area contributed by atoms with Crippen LogP contribution in [0.25, 0.3) is 0 Å². The molecule has 0 aliphatic carbocycles. The smallest absolute Gasteiger partial charge is 0.193 e. The Morgan fingerprint density at radius 3 is 2.26 bits per heavy atom. The molecule has 2 N–H and O–H groups in total. The predicted molar refractivity (Wildman–Crippen MR) is 70.1 cm³/mol. The van der Waals surface area contributed by atoms with E-state index in [1.54, 1.807) is 6.07 Å². The molecule has 2 aromatic rings. The molecule has 4 nitrogen and oxygen atoms in total. The maximum atomic E-state index is 12.2. The molecule has 2 rings (SSSR count). The van der Waals surface area contributed by atoms with E-state index in [-0.39, 0.29) is 22.4 Å². The monoisotopic (exact) mass is 274 g/mol. The number of carboxylic acid groups (broad SMARTS) is 1. The van der Waals surface area contributed by atoms with Crippen molar-refractivity contribution in [1.29, 1.82) is 0 Å². The van der Waals surface area contributed by atoms with E-state index in [9.17, 15) is 14.7 Å². The van der Waals surface area contributed by atoms with Crippen molar-refractivity contribution in [2.75, 3.05) is 5.73 Å². The molecule has 0 atom stereocenters. The molecule has 96 valence electrons. The lowest BCUT2D eigenvalue weighted by Crippen LogP contribution is -2.25. The standard InChI is InChI=1S/C14H10ClNO3/c15-11-6-5-8(7-12(11)16)13(17)9-3-1-2-4-10(9)14(18)19/h1-7H,16H2,(H,18,19)/p-1. The number of carbonyl (C=O) groups is 2. The fraction of sp³-hybridized carbons (Fsp3) is 0. The lowest BCUT2D eigenvalue weighted by Gasteiger charge is -2.09. The van der Waals surface area contributed by atoms with Gasteiger partial charge in [0.25, 0.3) is 0 Å². The van der Waals surface area contributed by atoms with Crippen LogP contribution in [-0.2, 0) is 0 Å². The minimum Gasteiger partial charge on any atom is -0.545 e. The Morgan fingerprint density at radius 1 is 1.05 bits per heavy atom. The van der Waals surface area contributed by atoms with Crippen molar-refractivity contribution in [2.45, 2.75) is 0 Å². The second kappa shape index (κ2) is 5.12. The normalized spacial score (nSPS) is 10.2. The van der Waals surface area contributed by atoms with Crippen molar-refractivity contribution < 1.29 is 14.7 Å². The summed E-state index contributed by atoms with van der Waals surface area (Å²) < 4.78 is 0. The molecule has 0 heterocycles. The fourth-order valence-corrected chi connectivity index (χ4v) is 1.82. The van der Waals surface area contributed by atoms with Crippen molar-refractivity contribution in [1.82, 2.24) is 0 Å². The van der Waals surface area contributed by atoms with Crippen molar-refractivity contribution in [3.05, 3.63) is 64.2 Å². The number of nitrogen functional groups attached to an aromatic ring is 1. The van der Waals surface area contributed by atoms with E-state index in [1.807, 2.05) is 0 Å². The Labute approximate surface area is 114 Å². The van der Waals surface area contributed by atoms with Crippen LogP contribution >= 0.6 is 11.6 Å². The summed E-state index contributed by atoms with van der Waals surface area (Å²) in [6, 6.07) is 10.3. The second-order valence-electron chi connectivity index (χ2n) is 3.90. The van der Waals surface area contributed by atoms with Crippen LogP contribution < -0.4 is 10.8 Å². The van der Waals surface area contributed by atoms with E-state index in [4.69, 9.17) is 17.3 Å². The Morgan fingerprint density at radius 2 is 1.68 bits per heavy atom. The summed E-state index contributed by atoms with van der Waals surface area (Å²) in [5.74, 6) is -1.84. The van der Waals surface area contributed by atoms with Gasteiger partial charge in [-0.05, 0) is 18.2 Å². The van der Waals surface area contributed by atoms with Gasteiger partial charge in [0.2, 0.25) is 0 Å². The van der Waals surface area contributed by atoms with Gasteiger partial charge in [-0.15, -0.1) is 0 Å². The largest absolute Gasteiger partial charge is 0.545 e. The molecule has 0 spiro atoms. The molecule has 0 aromatic heterocycles. The highest BCUT2D eigenvalue weighted by molar-refractivity contribution is 6.33. The van der Waals surface area contributed by atoms with E-state index in [2.05, 4.69) is 0 Å². The Balaban J connectivity index is 2.50. The number of hydrogen-bond acceptors (Lipinski definition) is 4. The first-order valence-electron chi connectivity index (χ1n) is 5.41. The second-order valence-corrected chi connectivity index (χ2v) is 4.31. The number of halogens is 1. The highest BCUT2D eigenvalue weighted by Crippen LogP contribution is 2.22. The molecule has 0 saturated carbocycles. The van der Waals surface area contributed by atoms with Crippen LogP contribution in [0.5, 0.6) is 0 Å². The zero-order valence-corrected chi connectivity index (χ0v) is 10.5. The van der Waals surface area contributed by atoms with E-state index < -0.39 is 11.8 Å². The van der Waals surface area contributed by atoms with Crippen LogP contribution in [0.3, 0.4) is 0 Å². The van der Waals surface area contributed by atoms with Crippen molar-refractivity contribution in [2.24, 2.45) is 0 Å². The van der Waals surface area contributed by atoms with Crippen LogP contribution in [0, 0.1) is 0 Å². The first kappa shape index (κ1) is 13.1. The summed E-state index contributed by atoms with van der Waals surface area (Å²) in [7, 11) is 0. The minimum atomic E-state index is -1.40. The topological polar surface area (TPSA) is 83.2 Å². The molecule has 0 bridgehead atoms. The lowest BCUT2D eigenvalue weighted by atomic mass is 9.98. The van der Waals surface area contributed by atoms with E-state index >= 15 is 0 Å². The zero-order chi connectivity index (χ0) is 14.0. The average Bonchev–Trinajstić information content (AvgIpc) is 2.41.